The Balaban J connectivity index is 2.59. The molecule has 0 spiro atoms. The fraction of sp³-hybridized carbons (Fsp3) is 0.421. The second-order valence-electron chi connectivity index (χ2n) is 5.87. The number of nitrogens with zero attached hydrogens (tertiary/aromatic N) is 4. The normalized spacial score (nSPS) is 12.0. The summed E-state index contributed by atoms with van der Waals surface area (Å²) >= 11 is 0. The van der Waals surface area contributed by atoms with E-state index in [-0.39, 0.29) is 6.04 Å². The van der Waals surface area contributed by atoms with Gasteiger partial charge in [0.25, 0.3) is 0 Å². The Morgan fingerprint density at radius 1 is 1.33 bits per heavy atom. The van der Waals surface area contributed by atoms with Crippen molar-refractivity contribution in [3.05, 3.63) is 43.0 Å². The van der Waals surface area contributed by atoms with E-state index in [1.54, 1.807) is 12.4 Å². The van der Waals surface area contributed by atoms with Crippen LogP contribution in [0.25, 0.3) is 16.5 Å². The minimum absolute atomic E-state index is 0.285. The first kappa shape index (κ1) is 18.0. The number of unbranched alkanes of at least 4 members (excludes halogenated alkanes) is 1. The van der Waals surface area contributed by atoms with Crippen LogP contribution < -0.4 is 4.90 Å². The van der Waals surface area contributed by atoms with Gasteiger partial charge in [0.05, 0.1) is 11.7 Å². The van der Waals surface area contributed by atoms with Crippen LogP contribution in [0.1, 0.15) is 39.4 Å². The number of anilines is 1. The van der Waals surface area contributed by atoms with E-state index in [0.717, 1.165) is 36.1 Å². The molecule has 0 saturated heterocycles. The highest BCUT2D eigenvalue weighted by Gasteiger charge is 2.17. The minimum atomic E-state index is -0.587. The quantitative estimate of drug-likeness (QED) is 0.525. The molecule has 0 bridgehead atoms. The van der Waals surface area contributed by atoms with E-state index in [2.05, 4.69) is 42.2 Å². The maximum Gasteiger partial charge on any atom is 0.160 e. The van der Waals surface area contributed by atoms with Gasteiger partial charge in [0.2, 0.25) is 0 Å². The molecule has 2 aromatic rings. The number of aromatic nitrogens is 3. The van der Waals surface area contributed by atoms with Gasteiger partial charge in [-0.1, -0.05) is 12.2 Å². The Kier molecular flexibility index (Phi) is 6.41. The van der Waals surface area contributed by atoms with Crippen molar-refractivity contribution < 1.29 is 4.39 Å². The Bertz CT molecular complexity index is 724. The number of pyridine rings is 1. The fourth-order valence-electron chi connectivity index (χ4n) is 2.67. The summed E-state index contributed by atoms with van der Waals surface area (Å²) < 4.78 is 13.5. The van der Waals surface area contributed by atoms with Gasteiger partial charge in [-0.2, -0.15) is 0 Å². The molecule has 0 saturated carbocycles. The van der Waals surface area contributed by atoms with Crippen LogP contribution in [0.2, 0.25) is 0 Å². The van der Waals surface area contributed by atoms with Gasteiger partial charge < -0.3 is 4.90 Å². The molecule has 0 aliphatic heterocycles. The predicted octanol–water partition coefficient (Wildman–Crippen LogP) is 4.58. The first-order valence-corrected chi connectivity index (χ1v) is 8.37. The standard InChI is InChI=1S/C19H25FN4/c1-5-7-8-9-15(12-20)18-22-17-13-21-11-10-16(17)19(23-18)24(6-2)14(3)4/h5,9-11,13-14H,1,6-8,12H2,2-4H3/b15-9+. The van der Waals surface area contributed by atoms with Crippen LogP contribution >= 0.6 is 0 Å². The van der Waals surface area contributed by atoms with E-state index in [0.29, 0.717) is 11.4 Å². The van der Waals surface area contributed by atoms with E-state index < -0.39 is 6.67 Å². The van der Waals surface area contributed by atoms with E-state index >= 15 is 0 Å². The van der Waals surface area contributed by atoms with Crippen LogP contribution in [0.5, 0.6) is 0 Å². The summed E-state index contributed by atoms with van der Waals surface area (Å²) in [7, 11) is 0. The second-order valence-corrected chi connectivity index (χ2v) is 5.87. The lowest BCUT2D eigenvalue weighted by molar-refractivity contribution is 0.568. The van der Waals surface area contributed by atoms with Gasteiger partial charge in [-0.25, -0.2) is 14.4 Å². The van der Waals surface area contributed by atoms with Crippen molar-refractivity contribution in [2.45, 2.75) is 39.7 Å². The number of allylic oxidation sites excluding steroid dienone is 3. The summed E-state index contributed by atoms with van der Waals surface area (Å²) in [6.45, 7) is 10.3. The lowest BCUT2D eigenvalue weighted by Crippen LogP contribution is -2.31. The first-order chi connectivity index (χ1) is 11.6. The number of alkyl halides is 1. The highest BCUT2D eigenvalue weighted by molar-refractivity contribution is 5.90. The molecule has 0 unspecified atom stereocenters. The molecule has 24 heavy (non-hydrogen) atoms. The van der Waals surface area contributed by atoms with Gasteiger partial charge in [-0.3, -0.25) is 4.98 Å². The summed E-state index contributed by atoms with van der Waals surface area (Å²) in [5.41, 5.74) is 1.25. The predicted molar refractivity (Wildman–Crippen MR) is 98.9 cm³/mol. The van der Waals surface area contributed by atoms with E-state index in [4.69, 9.17) is 4.98 Å². The SMILES string of the molecule is C=CCC/C=C(\CF)c1nc(N(CC)C(C)C)c2ccncc2n1. The topological polar surface area (TPSA) is 41.9 Å². The molecular formula is C19H25FN4. The van der Waals surface area contributed by atoms with Crippen LogP contribution in [0.15, 0.2) is 37.2 Å². The number of fused-ring (bicyclic) bond motifs is 1. The third kappa shape index (κ3) is 3.96. The molecule has 2 heterocycles. The molecule has 0 aromatic carbocycles. The highest BCUT2D eigenvalue weighted by atomic mass is 19.1. The van der Waals surface area contributed by atoms with Gasteiger partial charge in [0, 0.05) is 29.7 Å². The fourth-order valence-corrected chi connectivity index (χ4v) is 2.67. The van der Waals surface area contributed by atoms with Gasteiger partial charge in [-0.15, -0.1) is 6.58 Å². The van der Waals surface area contributed by atoms with E-state index in [9.17, 15) is 4.39 Å². The van der Waals surface area contributed by atoms with Crippen molar-refractivity contribution in [3.63, 3.8) is 0 Å². The van der Waals surface area contributed by atoms with Crippen molar-refractivity contribution in [2.75, 3.05) is 18.1 Å². The summed E-state index contributed by atoms with van der Waals surface area (Å²) in [5.74, 6) is 1.27. The van der Waals surface area contributed by atoms with Crippen molar-refractivity contribution >= 4 is 22.3 Å². The molecule has 5 heteroatoms. The van der Waals surface area contributed by atoms with Crippen molar-refractivity contribution in [1.29, 1.82) is 0 Å². The molecule has 0 fully saturated rings. The zero-order valence-electron chi connectivity index (χ0n) is 14.7. The Hall–Kier alpha value is -2.30. The number of rotatable bonds is 8. The number of hydrogen-bond donors (Lipinski definition) is 0. The molecule has 0 N–H and O–H groups in total. The van der Waals surface area contributed by atoms with Crippen LogP contribution in [0.3, 0.4) is 0 Å². The number of hydrogen-bond acceptors (Lipinski definition) is 4. The molecule has 0 amide bonds. The summed E-state index contributed by atoms with van der Waals surface area (Å²) in [6, 6.07) is 2.20. The van der Waals surface area contributed by atoms with Crippen molar-refractivity contribution in [2.24, 2.45) is 0 Å². The molecule has 2 aromatic heterocycles. The lowest BCUT2D eigenvalue weighted by atomic mass is 10.1. The van der Waals surface area contributed by atoms with Gasteiger partial charge >= 0.3 is 0 Å². The molecule has 0 radical (unpaired) electrons. The molecule has 0 aliphatic carbocycles. The van der Waals surface area contributed by atoms with Crippen LogP contribution in [-0.2, 0) is 0 Å². The average Bonchev–Trinajstić information content (AvgIpc) is 2.59. The van der Waals surface area contributed by atoms with Gasteiger partial charge in [0.1, 0.15) is 12.5 Å². The Morgan fingerprint density at radius 2 is 2.12 bits per heavy atom. The summed E-state index contributed by atoms with van der Waals surface area (Å²) in [5, 5.41) is 0.939. The zero-order valence-corrected chi connectivity index (χ0v) is 14.7. The van der Waals surface area contributed by atoms with Gasteiger partial charge in [-0.05, 0) is 39.7 Å². The first-order valence-electron chi connectivity index (χ1n) is 8.37. The minimum Gasteiger partial charge on any atom is -0.354 e. The average molecular weight is 328 g/mol. The van der Waals surface area contributed by atoms with E-state index in [1.807, 2.05) is 18.2 Å². The Morgan fingerprint density at radius 3 is 2.75 bits per heavy atom. The second kappa shape index (κ2) is 8.52. The summed E-state index contributed by atoms with van der Waals surface area (Å²) in [6.07, 6.45) is 8.65. The largest absolute Gasteiger partial charge is 0.354 e. The van der Waals surface area contributed by atoms with Crippen LogP contribution in [0, 0.1) is 0 Å². The monoisotopic (exact) mass is 328 g/mol. The molecule has 2 rings (SSSR count). The van der Waals surface area contributed by atoms with Crippen LogP contribution in [0.4, 0.5) is 10.2 Å². The third-order valence-electron chi connectivity index (χ3n) is 3.91. The molecule has 4 nitrogen and oxygen atoms in total. The smallest absolute Gasteiger partial charge is 0.160 e. The molecule has 128 valence electrons. The Labute approximate surface area is 143 Å². The summed E-state index contributed by atoms with van der Waals surface area (Å²) in [4.78, 5) is 15.6. The van der Waals surface area contributed by atoms with E-state index in [1.165, 1.54) is 0 Å². The lowest BCUT2D eigenvalue weighted by Gasteiger charge is -2.27. The maximum absolute atomic E-state index is 13.5. The number of halogens is 1. The van der Waals surface area contributed by atoms with Crippen molar-refractivity contribution in [1.82, 2.24) is 15.0 Å². The molecule has 0 atom stereocenters. The molecule has 0 aliphatic rings. The maximum atomic E-state index is 13.5. The van der Waals surface area contributed by atoms with Crippen LogP contribution in [-0.4, -0.2) is 34.2 Å². The highest BCUT2D eigenvalue weighted by Crippen LogP contribution is 2.27. The van der Waals surface area contributed by atoms with Gasteiger partial charge in [0.15, 0.2) is 5.82 Å². The zero-order chi connectivity index (χ0) is 17.5. The van der Waals surface area contributed by atoms with Crippen molar-refractivity contribution in [3.8, 4) is 0 Å². The molecular weight excluding hydrogens is 303 g/mol. The third-order valence-corrected chi connectivity index (χ3v) is 3.91.